The highest BCUT2D eigenvalue weighted by molar-refractivity contribution is 5.75. The summed E-state index contributed by atoms with van der Waals surface area (Å²) in [7, 11) is 1.62. The molecule has 0 fully saturated rings. The molecule has 1 aromatic rings. The molecule has 4 nitrogen and oxygen atoms in total. The van der Waals surface area contributed by atoms with Crippen LogP contribution in [0.5, 0.6) is 11.5 Å². The Morgan fingerprint density at radius 1 is 1.32 bits per heavy atom. The summed E-state index contributed by atoms with van der Waals surface area (Å²) in [6, 6.07) is 7.42. The van der Waals surface area contributed by atoms with Crippen LogP contribution in [0.4, 0.5) is 0 Å². The molecule has 0 aromatic heterocycles. The van der Waals surface area contributed by atoms with Crippen LogP contribution in [0.2, 0.25) is 0 Å². The van der Waals surface area contributed by atoms with E-state index in [1.807, 2.05) is 24.3 Å². The van der Waals surface area contributed by atoms with Gasteiger partial charge in [0.05, 0.1) is 13.7 Å². The van der Waals surface area contributed by atoms with Gasteiger partial charge in [-0.1, -0.05) is 19.9 Å². The molecule has 0 aliphatic heterocycles. The minimum atomic E-state index is 0.0861. The van der Waals surface area contributed by atoms with Crippen LogP contribution in [0.25, 0.3) is 0 Å². The van der Waals surface area contributed by atoms with Crippen LogP contribution in [-0.2, 0) is 4.79 Å². The Kier molecular flexibility index (Phi) is 6.79. The molecule has 0 saturated heterocycles. The third kappa shape index (κ3) is 6.70. The number of nitrogens with one attached hydrogen (secondary N) is 1. The van der Waals surface area contributed by atoms with E-state index < -0.39 is 0 Å². The molecule has 106 valence electrons. The maximum Gasteiger partial charge on any atom is 0.220 e. The first-order valence-electron chi connectivity index (χ1n) is 6.65. The van der Waals surface area contributed by atoms with Crippen molar-refractivity contribution in [2.45, 2.75) is 26.7 Å². The average molecular weight is 265 g/mol. The van der Waals surface area contributed by atoms with Gasteiger partial charge in [0.15, 0.2) is 0 Å². The number of ether oxygens (including phenoxy) is 2. The minimum Gasteiger partial charge on any atom is -0.497 e. The largest absolute Gasteiger partial charge is 0.497 e. The van der Waals surface area contributed by atoms with E-state index in [-0.39, 0.29) is 5.91 Å². The number of rotatable bonds is 8. The van der Waals surface area contributed by atoms with Gasteiger partial charge in [0.25, 0.3) is 0 Å². The van der Waals surface area contributed by atoms with Gasteiger partial charge in [-0.2, -0.15) is 0 Å². The monoisotopic (exact) mass is 265 g/mol. The van der Waals surface area contributed by atoms with Crippen LogP contribution in [0, 0.1) is 5.92 Å². The lowest BCUT2D eigenvalue weighted by atomic mass is 10.1. The number of carbonyl (C=O) groups excluding carboxylic acids is 1. The quantitative estimate of drug-likeness (QED) is 0.735. The molecular formula is C15H23NO3. The highest BCUT2D eigenvalue weighted by Crippen LogP contribution is 2.18. The summed E-state index contributed by atoms with van der Waals surface area (Å²) >= 11 is 0. The van der Waals surface area contributed by atoms with Crippen molar-refractivity contribution in [3.05, 3.63) is 24.3 Å². The van der Waals surface area contributed by atoms with Crippen LogP contribution in [0.1, 0.15) is 26.7 Å². The van der Waals surface area contributed by atoms with Gasteiger partial charge < -0.3 is 14.8 Å². The van der Waals surface area contributed by atoms with Crippen molar-refractivity contribution in [3.8, 4) is 11.5 Å². The minimum absolute atomic E-state index is 0.0861. The van der Waals surface area contributed by atoms with E-state index in [1.54, 1.807) is 7.11 Å². The highest BCUT2D eigenvalue weighted by atomic mass is 16.5. The maximum absolute atomic E-state index is 11.5. The molecule has 0 unspecified atom stereocenters. The summed E-state index contributed by atoms with van der Waals surface area (Å²) in [5.74, 6) is 2.15. The van der Waals surface area contributed by atoms with Gasteiger partial charge in [-0.15, -0.1) is 0 Å². The van der Waals surface area contributed by atoms with Crippen LogP contribution >= 0.6 is 0 Å². The second-order valence-corrected chi connectivity index (χ2v) is 4.81. The Morgan fingerprint density at radius 3 is 2.74 bits per heavy atom. The maximum atomic E-state index is 11.5. The van der Waals surface area contributed by atoms with Crippen LogP contribution < -0.4 is 14.8 Å². The van der Waals surface area contributed by atoms with Crippen molar-refractivity contribution in [1.82, 2.24) is 5.32 Å². The fourth-order valence-electron chi connectivity index (χ4n) is 1.56. The smallest absolute Gasteiger partial charge is 0.220 e. The predicted octanol–water partition coefficient (Wildman–Crippen LogP) is 2.63. The fourth-order valence-corrected chi connectivity index (χ4v) is 1.56. The van der Waals surface area contributed by atoms with Crippen molar-refractivity contribution in [2.24, 2.45) is 5.92 Å². The molecule has 4 heteroatoms. The molecule has 0 spiro atoms. The molecule has 0 aliphatic rings. The van der Waals surface area contributed by atoms with Crippen molar-refractivity contribution in [3.63, 3.8) is 0 Å². The Bertz CT molecular complexity index is 391. The third-order valence-corrected chi connectivity index (χ3v) is 2.68. The van der Waals surface area contributed by atoms with E-state index >= 15 is 0 Å². The third-order valence-electron chi connectivity index (χ3n) is 2.68. The Hall–Kier alpha value is -1.71. The Morgan fingerprint density at radius 2 is 2.05 bits per heavy atom. The summed E-state index contributed by atoms with van der Waals surface area (Å²) in [5, 5.41) is 2.84. The molecule has 19 heavy (non-hydrogen) atoms. The van der Waals surface area contributed by atoms with Gasteiger partial charge in [0, 0.05) is 12.5 Å². The number of benzene rings is 1. The Labute approximate surface area is 115 Å². The van der Waals surface area contributed by atoms with Crippen LogP contribution in [-0.4, -0.2) is 26.2 Å². The zero-order chi connectivity index (χ0) is 14.1. The standard InChI is InChI=1S/C15H23NO3/c1-12(2)7-8-15(17)16-9-10-19-14-6-4-5-13(11-14)18-3/h4-6,11-12H,7-10H2,1-3H3,(H,16,17). The summed E-state index contributed by atoms with van der Waals surface area (Å²) in [6.45, 7) is 5.20. The number of hydrogen-bond donors (Lipinski definition) is 1. The molecule has 0 radical (unpaired) electrons. The normalized spacial score (nSPS) is 10.3. The summed E-state index contributed by atoms with van der Waals surface area (Å²) in [5.41, 5.74) is 0. The molecule has 1 aromatic carbocycles. The average Bonchev–Trinajstić information content (AvgIpc) is 2.41. The lowest BCUT2D eigenvalue weighted by molar-refractivity contribution is -0.121. The van der Waals surface area contributed by atoms with Gasteiger partial charge >= 0.3 is 0 Å². The molecule has 0 heterocycles. The van der Waals surface area contributed by atoms with E-state index in [2.05, 4.69) is 19.2 Å². The number of carbonyl (C=O) groups is 1. The van der Waals surface area contributed by atoms with E-state index in [4.69, 9.17) is 9.47 Å². The van der Waals surface area contributed by atoms with Crippen LogP contribution in [0.3, 0.4) is 0 Å². The first-order chi connectivity index (χ1) is 9.11. The lowest BCUT2D eigenvalue weighted by Crippen LogP contribution is -2.28. The van der Waals surface area contributed by atoms with Crippen LogP contribution in [0.15, 0.2) is 24.3 Å². The van der Waals surface area contributed by atoms with Gasteiger partial charge in [-0.25, -0.2) is 0 Å². The van der Waals surface area contributed by atoms with Crippen molar-refractivity contribution >= 4 is 5.91 Å². The Balaban J connectivity index is 2.18. The summed E-state index contributed by atoms with van der Waals surface area (Å²) in [6.07, 6.45) is 1.50. The van der Waals surface area contributed by atoms with Gasteiger partial charge in [-0.3, -0.25) is 4.79 Å². The number of hydrogen-bond acceptors (Lipinski definition) is 3. The van der Waals surface area contributed by atoms with Gasteiger partial charge in [0.1, 0.15) is 18.1 Å². The molecule has 0 aliphatic carbocycles. The lowest BCUT2D eigenvalue weighted by Gasteiger charge is -2.09. The SMILES string of the molecule is COc1cccc(OCCNC(=O)CCC(C)C)c1. The zero-order valence-electron chi connectivity index (χ0n) is 11.9. The van der Waals surface area contributed by atoms with Crippen molar-refractivity contribution in [1.29, 1.82) is 0 Å². The highest BCUT2D eigenvalue weighted by Gasteiger charge is 2.03. The first kappa shape index (κ1) is 15.3. The molecule has 1 amide bonds. The van der Waals surface area contributed by atoms with Gasteiger partial charge in [-0.05, 0) is 24.5 Å². The predicted molar refractivity (Wildman–Crippen MR) is 75.6 cm³/mol. The van der Waals surface area contributed by atoms with E-state index in [9.17, 15) is 4.79 Å². The second-order valence-electron chi connectivity index (χ2n) is 4.81. The van der Waals surface area contributed by atoms with Crippen molar-refractivity contribution < 1.29 is 14.3 Å². The van der Waals surface area contributed by atoms with E-state index in [1.165, 1.54) is 0 Å². The molecule has 1 rings (SSSR count). The zero-order valence-corrected chi connectivity index (χ0v) is 11.9. The molecule has 0 atom stereocenters. The van der Waals surface area contributed by atoms with E-state index in [0.717, 1.165) is 17.9 Å². The first-order valence-corrected chi connectivity index (χ1v) is 6.65. The topological polar surface area (TPSA) is 47.6 Å². The number of amides is 1. The summed E-state index contributed by atoms with van der Waals surface area (Å²) in [4.78, 5) is 11.5. The fraction of sp³-hybridized carbons (Fsp3) is 0.533. The van der Waals surface area contributed by atoms with Crippen molar-refractivity contribution in [2.75, 3.05) is 20.3 Å². The molecule has 0 saturated carbocycles. The molecular weight excluding hydrogens is 242 g/mol. The number of methoxy groups -OCH3 is 1. The molecule has 1 N–H and O–H groups in total. The second kappa shape index (κ2) is 8.40. The summed E-state index contributed by atoms with van der Waals surface area (Å²) < 4.78 is 10.6. The molecule has 0 bridgehead atoms. The van der Waals surface area contributed by atoms with E-state index in [0.29, 0.717) is 25.5 Å². The van der Waals surface area contributed by atoms with Gasteiger partial charge in [0.2, 0.25) is 5.91 Å².